The van der Waals surface area contributed by atoms with Gasteiger partial charge in [-0.2, -0.15) is 0 Å². The van der Waals surface area contributed by atoms with Gasteiger partial charge in [0, 0.05) is 0 Å². The molecule has 0 spiro atoms. The first-order valence-corrected chi connectivity index (χ1v) is 4.51. The van der Waals surface area contributed by atoms with Gasteiger partial charge < -0.3 is 0 Å². The molecular weight excluding hydrogens is 144 g/mol. The van der Waals surface area contributed by atoms with E-state index in [1.807, 2.05) is 0 Å². The maximum atomic E-state index is 2.30. The van der Waals surface area contributed by atoms with Crippen molar-refractivity contribution in [3.63, 3.8) is 0 Å². The molecule has 0 saturated carbocycles. The molecule has 0 aliphatic heterocycles. The monoisotopic (exact) mass is 158 g/mol. The summed E-state index contributed by atoms with van der Waals surface area (Å²) in [6.45, 7) is 4.34. The molecule has 2 aliphatic rings. The highest BCUT2D eigenvalue weighted by Gasteiger charge is 2.10. The van der Waals surface area contributed by atoms with Crippen LogP contribution < -0.4 is 0 Å². The SMILES string of the molecule is CC1=CCC(C2=CC(C)=CC2)=C1. The summed E-state index contributed by atoms with van der Waals surface area (Å²) in [6, 6.07) is 0. The van der Waals surface area contributed by atoms with Gasteiger partial charge in [-0.1, -0.05) is 35.5 Å². The summed E-state index contributed by atoms with van der Waals surface area (Å²) >= 11 is 0. The summed E-state index contributed by atoms with van der Waals surface area (Å²) in [5.74, 6) is 0. The fraction of sp³-hybridized carbons (Fsp3) is 0.333. The largest absolute Gasteiger partial charge is 0.0772 e. The summed E-state index contributed by atoms with van der Waals surface area (Å²) in [5, 5.41) is 0. The number of hydrogen-bond donors (Lipinski definition) is 0. The van der Waals surface area contributed by atoms with E-state index in [1.54, 1.807) is 0 Å². The average Bonchev–Trinajstić information content (AvgIpc) is 2.58. The number of hydrogen-bond acceptors (Lipinski definition) is 0. The van der Waals surface area contributed by atoms with E-state index in [9.17, 15) is 0 Å². The van der Waals surface area contributed by atoms with Gasteiger partial charge >= 0.3 is 0 Å². The summed E-state index contributed by atoms with van der Waals surface area (Å²) < 4.78 is 0. The lowest BCUT2D eigenvalue weighted by Gasteiger charge is -2.00. The van der Waals surface area contributed by atoms with Crippen molar-refractivity contribution >= 4 is 0 Å². The summed E-state index contributed by atoms with van der Waals surface area (Å²) in [5.41, 5.74) is 5.85. The molecule has 0 amide bonds. The van der Waals surface area contributed by atoms with Gasteiger partial charge in [0.2, 0.25) is 0 Å². The van der Waals surface area contributed by atoms with Crippen LogP contribution in [0.25, 0.3) is 0 Å². The molecular formula is C12H14. The molecule has 0 aromatic carbocycles. The quantitative estimate of drug-likeness (QED) is 0.547. The summed E-state index contributed by atoms with van der Waals surface area (Å²) in [4.78, 5) is 0. The van der Waals surface area contributed by atoms with Crippen molar-refractivity contribution in [2.45, 2.75) is 26.7 Å². The van der Waals surface area contributed by atoms with Crippen molar-refractivity contribution in [2.75, 3.05) is 0 Å². The van der Waals surface area contributed by atoms with E-state index in [2.05, 4.69) is 38.2 Å². The normalized spacial score (nSPS) is 21.8. The fourth-order valence-corrected chi connectivity index (χ4v) is 1.77. The van der Waals surface area contributed by atoms with Crippen LogP contribution in [0.3, 0.4) is 0 Å². The summed E-state index contributed by atoms with van der Waals surface area (Å²) in [7, 11) is 0. The maximum Gasteiger partial charge on any atom is -0.00888 e. The van der Waals surface area contributed by atoms with Gasteiger partial charge in [-0.3, -0.25) is 0 Å². The minimum Gasteiger partial charge on any atom is -0.0772 e. The zero-order chi connectivity index (χ0) is 8.55. The van der Waals surface area contributed by atoms with Crippen LogP contribution in [0.1, 0.15) is 26.7 Å². The summed E-state index contributed by atoms with van der Waals surface area (Å²) in [6.07, 6.45) is 11.5. The van der Waals surface area contributed by atoms with E-state index >= 15 is 0 Å². The molecule has 0 heterocycles. The average molecular weight is 158 g/mol. The third-order valence-electron chi connectivity index (χ3n) is 2.50. The molecule has 2 rings (SSSR count). The second kappa shape index (κ2) is 2.78. The Balaban J connectivity index is 2.16. The molecule has 12 heavy (non-hydrogen) atoms. The van der Waals surface area contributed by atoms with E-state index < -0.39 is 0 Å². The molecule has 2 aliphatic carbocycles. The van der Waals surface area contributed by atoms with E-state index in [0.29, 0.717) is 0 Å². The first-order chi connectivity index (χ1) is 5.75. The van der Waals surface area contributed by atoms with Crippen LogP contribution >= 0.6 is 0 Å². The van der Waals surface area contributed by atoms with Crippen molar-refractivity contribution in [1.82, 2.24) is 0 Å². The van der Waals surface area contributed by atoms with Crippen LogP contribution in [0.2, 0.25) is 0 Å². The Hall–Kier alpha value is -1.04. The van der Waals surface area contributed by atoms with E-state index in [4.69, 9.17) is 0 Å². The predicted molar refractivity (Wildman–Crippen MR) is 52.9 cm³/mol. The molecule has 0 nitrogen and oxygen atoms in total. The maximum absolute atomic E-state index is 2.30. The zero-order valence-corrected chi connectivity index (χ0v) is 7.72. The third-order valence-corrected chi connectivity index (χ3v) is 2.50. The highest BCUT2D eigenvalue weighted by atomic mass is 14.2. The predicted octanol–water partition coefficient (Wildman–Crippen LogP) is 3.54. The van der Waals surface area contributed by atoms with Crippen LogP contribution in [-0.2, 0) is 0 Å². The molecule has 0 bridgehead atoms. The van der Waals surface area contributed by atoms with Gasteiger partial charge in [-0.05, 0) is 37.8 Å². The lowest BCUT2D eigenvalue weighted by atomic mass is 10.0. The molecule has 0 aromatic heterocycles. The Morgan fingerprint density at radius 3 is 1.50 bits per heavy atom. The second-order valence-corrected chi connectivity index (χ2v) is 3.64. The first-order valence-electron chi connectivity index (χ1n) is 4.51. The van der Waals surface area contributed by atoms with Gasteiger partial charge in [0.1, 0.15) is 0 Å². The van der Waals surface area contributed by atoms with Crippen molar-refractivity contribution in [3.05, 3.63) is 46.6 Å². The minimum atomic E-state index is 1.14. The first kappa shape index (κ1) is 7.60. The highest BCUT2D eigenvalue weighted by molar-refractivity contribution is 5.49. The van der Waals surface area contributed by atoms with Crippen LogP contribution in [0, 0.1) is 0 Å². The lowest BCUT2D eigenvalue weighted by molar-refractivity contribution is 1.18. The topological polar surface area (TPSA) is 0 Å². The van der Waals surface area contributed by atoms with Crippen LogP contribution in [-0.4, -0.2) is 0 Å². The van der Waals surface area contributed by atoms with Gasteiger partial charge in [0.15, 0.2) is 0 Å². The standard InChI is InChI=1S/C12H14/c1-9-3-5-11(7-9)12-6-4-10(2)8-12/h3-4,7-8H,5-6H2,1-2H3. The molecule has 0 unspecified atom stereocenters. The second-order valence-electron chi connectivity index (χ2n) is 3.64. The Morgan fingerprint density at radius 1 is 0.833 bits per heavy atom. The molecule has 0 N–H and O–H groups in total. The third kappa shape index (κ3) is 1.29. The van der Waals surface area contributed by atoms with E-state index in [1.165, 1.54) is 22.3 Å². The van der Waals surface area contributed by atoms with E-state index in [0.717, 1.165) is 12.8 Å². The van der Waals surface area contributed by atoms with Gasteiger partial charge in [-0.15, -0.1) is 0 Å². The van der Waals surface area contributed by atoms with Crippen LogP contribution in [0.5, 0.6) is 0 Å². The highest BCUT2D eigenvalue weighted by Crippen LogP contribution is 2.30. The molecule has 0 radical (unpaired) electrons. The Bertz CT molecular complexity index is 288. The number of rotatable bonds is 1. The molecule has 0 heteroatoms. The zero-order valence-electron chi connectivity index (χ0n) is 7.72. The Labute approximate surface area is 74.0 Å². The molecule has 0 saturated heterocycles. The smallest absolute Gasteiger partial charge is 0.00888 e. The van der Waals surface area contributed by atoms with Crippen molar-refractivity contribution in [3.8, 4) is 0 Å². The van der Waals surface area contributed by atoms with Crippen molar-refractivity contribution < 1.29 is 0 Å². The van der Waals surface area contributed by atoms with Gasteiger partial charge in [-0.25, -0.2) is 0 Å². The Kier molecular flexibility index (Phi) is 1.76. The van der Waals surface area contributed by atoms with E-state index in [-0.39, 0.29) is 0 Å². The van der Waals surface area contributed by atoms with Crippen molar-refractivity contribution in [1.29, 1.82) is 0 Å². The number of allylic oxidation sites excluding steroid dienone is 8. The molecule has 62 valence electrons. The fourth-order valence-electron chi connectivity index (χ4n) is 1.77. The van der Waals surface area contributed by atoms with Crippen molar-refractivity contribution in [2.24, 2.45) is 0 Å². The minimum absolute atomic E-state index is 1.14. The molecule has 0 aromatic rings. The van der Waals surface area contributed by atoms with Crippen LogP contribution in [0.4, 0.5) is 0 Å². The molecule has 0 atom stereocenters. The van der Waals surface area contributed by atoms with Crippen LogP contribution in [0.15, 0.2) is 46.6 Å². The Morgan fingerprint density at radius 2 is 1.25 bits per heavy atom. The molecule has 0 fully saturated rings. The van der Waals surface area contributed by atoms with Gasteiger partial charge in [0.05, 0.1) is 0 Å². The van der Waals surface area contributed by atoms with Gasteiger partial charge in [0.25, 0.3) is 0 Å². The lowest BCUT2D eigenvalue weighted by Crippen LogP contribution is -1.81.